The van der Waals surface area contributed by atoms with Gasteiger partial charge in [-0.1, -0.05) is 30.3 Å². The fourth-order valence-electron chi connectivity index (χ4n) is 3.61. The Labute approximate surface area is 160 Å². The number of piperidine rings is 1. The molecule has 138 valence electrons. The molecule has 5 nitrogen and oxygen atoms in total. The van der Waals surface area contributed by atoms with Crippen molar-refractivity contribution in [1.29, 1.82) is 0 Å². The topological polar surface area (TPSA) is 53.9 Å². The van der Waals surface area contributed by atoms with E-state index in [1.165, 1.54) is 30.4 Å². The second-order valence-corrected chi connectivity index (χ2v) is 7.07. The van der Waals surface area contributed by atoms with Gasteiger partial charge in [-0.15, -0.1) is 0 Å². The maximum absolute atomic E-state index is 4.71. The summed E-state index contributed by atoms with van der Waals surface area (Å²) in [5.74, 6) is 2.45. The summed E-state index contributed by atoms with van der Waals surface area (Å²) in [4.78, 5) is 15.5. The van der Waals surface area contributed by atoms with Gasteiger partial charge in [0.1, 0.15) is 5.82 Å². The minimum atomic E-state index is 0.677. The Kier molecular flexibility index (Phi) is 5.58. The van der Waals surface area contributed by atoms with Crippen molar-refractivity contribution < 1.29 is 0 Å². The van der Waals surface area contributed by atoms with Crippen LogP contribution in [0, 0.1) is 5.92 Å². The van der Waals surface area contributed by atoms with Gasteiger partial charge in [0.05, 0.1) is 0 Å². The van der Waals surface area contributed by atoms with Gasteiger partial charge in [0.2, 0.25) is 5.95 Å². The minimum absolute atomic E-state index is 0.677. The number of nitrogens with zero attached hydrogens (tertiary/aromatic N) is 4. The Balaban J connectivity index is 1.32. The number of hydrogen-bond donors (Lipinski definition) is 1. The van der Waals surface area contributed by atoms with E-state index in [9.17, 15) is 0 Å². The standard InChI is InChI=1S/C22H25N5/c1-2-4-18(5-3-1)16-19-9-14-27(15-10-19)21-8-13-24-22(26-21)25-17-20-6-11-23-12-7-20/h1-8,11-13,19H,9-10,14-17H2,(H,24,25,26). The van der Waals surface area contributed by atoms with Crippen LogP contribution in [0.25, 0.3) is 0 Å². The van der Waals surface area contributed by atoms with E-state index in [0.29, 0.717) is 12.5 Å². The van der Waals surface area contributed by atoms with Gasteiger partial charge in [-0.25, -0.2) is 4.98 Å². The highest BCUT2D eigenvalue weighted by atomic mass is 15.2. The van der Waals surface area contributed by atoms with Crippen LogP contribution in [0.5, 0.6) is 0 Å². The first-order chi connectivity index (χ1) is 13.4. The predicted octanol–water partition coefficient (Wildman–Crippen LogP) is 3.94. The van der Waals surface area contributed by atoms with Crippen molar-refractivity contribution >= 4 is 11.8 Å². The van der Waals surface area contributed by atoms with Gasteiger partial charge in [-0.2, -0.15) is 4.98 Å². The molecular formula is C22H25N5. The molecule has 27 heavy (non-hydrogen) atoms. The van der Waals surface area contributed by atoms with Crippen LogP contribution in [-0.2, 0) is 13.0 Å². The van der Waals surface area contributed by atoms with Crippen LogP contribution < -0.4 is 10.2 Å². The van der Waals surface area contributed by atoms with Gasteiger partial charge in [0.25, 0.3) is 0 Å². The molecule has 0 aliphatic carbocycles. The third kappa shape index (κ3) is 4.82. The summed E-state index contributed by atoms with van der Waals surface area (Å²) in [5.41, 5.74) is 2.61. The summed E-state index contributed by atoms with van der Waals surface area (Å²) in [6.45, 7) is 2.81. The highest BCUT2D eigenvalue weighted by Crippen LogP contribution is 2.25. The summed E-state index contributed by atoms with van der Waals surface area (Å²) in [6.07, 6.45) is 9.03. The van der Waals surface area contributed by atoms with Crippen LogP contribution >= 0.6 is 0 Å². The molecule has 1 fully saturated rings. The molecule has 4 rings (SSSR count). The Morgan fingerprint density at radius 1 is 0.889 bits per heavy atom. The van der Waals surface area contributed by atoms with E-state index in [1.807, 2.05) is 24.4 Å². The smallest absolute Gasteiger partial charge is 0.224 e. The first kappa shape index (κ1) is 17.5. The number of pyridine rings is 1. The molecule has 1 aromatic carbocycles. The molecule has 1 aliphatic rings. The van der Waals surface area contributed by atoms with Crippen molar-refractivity contribution in [3.63, 3.8) is 0 Å². The zero-order chi connectivity index (χ0) is 18.3. The minimum Gasteiger partial charge on any atom is -0.356 e. The number of benzene rings is 1. The molecule has 0 radical (unpaired) electrons. The number of hydrogen-bond acceptors (Lipinski definition) is 5. The fourth-order valence-corrected chi connectivity index (χ4v) is 3.61. The normalized spacial score (nSPS) is 14.9. The Morgan fingerprint density at radius 3 is 2.44 bits per heavy atom. The average molecular weight is 359 g/mol. The zero-order valence-electron chi connectivity index (χ0n) is 15.5. The molecule has 2 aromatic heterocycles. The summed E-state index contributed by atoms with van der Waals surface area (Å²) in [6, 6.07) is 16.8. The third-order valence-electron chi connectivity index (χ3n) is 5.15. The SMILES string of the molecule is c1ccc(CC2CCN(c3ccnc(NCc4ccncc4)n3)CC2)cc1. The molecule has 1 saturated heterocycles. The van der Waals surface area contributed by atoms with Crippen molar-refractivity contribution in [2.24, 2.45) is 5.92 Å². The molecule has 0 bridgehead atoms. The molecule has 1 aliphatic heterocycles. The number of anilines is 2. The quantitative estimate of drug-likeness (QED) is 0.722. The van der Waals surface area contributed by atoms with Gasteiger partial charge < -0.3 is 10.2 Å². The number of rotatable bonds is 6. The Bertz CT molecular complexity index is 830. The molecule has 0 atom stereocenters. The lowest BCUT2D eigenvalue weighted by Crippen LogP contribution is -2.35. The largest absolute Gasteiger partial charge is 0.356 e. The molecule has 0 unspecified atom stereocenters. The molecule has 0 saturated carbocycles. The maximum atomic E-state index is 4.71. The molecule has 0 spiro atoms. The van der Waals surface area contributed by atoms with E-state index < -0.39 is 0 Å². The van der Waals surface area contributed by atoms with E-state index in [-0.39, 0.29) is 0 Å². The molecule has 1 N–H and O–H groups in total. The summed E-state index contributed by atoms with van der Waals surface area (Å²) >= 11 is 0. The number of nitrogens with one attached hydrogen (secondary N) is 1. The van der Waals surface area contributed by atoms with Crippen LogP contribution in [0.3, 0.4) is 0 Å². The molecule has 0 amide bonds. The van der Waals surface area contributed by atoms with Crippen LogP contribution in [0.2, 0.25) is 0 Å². The van der Waals surface area contributed by atoms with Crippen LogP contribution in [0.15, 0.2) is 67.1 Å². The van der Waals surface area contributed by atoms with Crippen molar-refractivity contribution in [3.05, 3.63) is 78.2 Å². The van der Waals surface area contributed by atoms with E-state index in [0.717, 1.165) is 24.8 Å². The lowest BCUT2D eigenvalue weighted by molar-refractivity contribution is 0.402. The highest BCUT2D eigenvalue weighted by Gasteiger charge is 2.20. The molecule has 3 heterocycles. The van der Waals surface area contributed by atoms with E-state index >= 15 is 0 Å². The van der Waals surface area contributed by atoms with E-state index in [2.05, 4.69) is 50.5 Å². The monoisotopic (exact) mass is 359 g/mol. The molecular weight excluding hydrogens is 334 g/mol. The first-order valence-electron chi connectivity index (χ1n) is 9.61. The Morgan fingerprint density at radius 2 is 1.67 bits per heavy atom. The van der Waals surface area contributed by atoms with Gasteiger partial charge >= 0.3 is 0 Å². The van der Waals surface area contributed by atoms with E-state index in [4.69, 9.17) is 4.98 Å². The highest BCUT2D eigenvalue weighted by molar-refractivity contribution is 5.43. The lowest BCUT2D eigenvalue weighted by atomic mass is 9.90. The maximum Gasteiger partial charge on any atom is 0.224 e. The zero-order valence-corrected chi connectivity index (χ0v) is 15.5. The van der Waals surface area contributed by atoms with Crippen LogP contribution in [0.1, 0.15) is 24.0 Å². The van der Waals surface area contributed by atoms with Gasteiger partial charge in [-0.05, 0) is 54.5 Å². The summed E-state index contributed by atoms with van der Waals surface area (Å²) in [7, 11) is 0. The van der Waals surface area contributed by atoms with Gasteiger partial charge in [0, 0.05) is 38.2 Å². The fraction of sp³-hybridized carbons (Fsp3) is 0.318. The first-order valence-corrected chi connectivity index (χ1v) is 9.61. The van der Waals surface area contributed by atoms with Gasteiger partial charge in [-0.3, -0.25) is 4.98 Å². The third-order valence-corrected chi connectivity index (χ3v) is 5.15. The Hall–Kier alpha value is -2.95. The second-order valence-electron chi connectivity index (χ2n) is 7.07. The van der Waals surface area contributed by atoms with Crippen molar-refractivity contribution in [2.45, 2.75) is 25.8 Å². The second kappa shape index (κ2) is 8.62. The lowest BCUT2D eigenvalue weighted by Gasteiger charge is -2.33. The van der Waals surface area contributed by atoms with Crippen molar-refractivity contribution in [3.8, 4) is 0 Å². The molecule has 5 heteroatoms. The predicted molar refractivity (Wildman–Crippen MR) is 109 cm³/mol. The van der Waals surface area contributed by atoms with Crippen molar-refractivity contribution in [1.82, 2.24) is 15.0 Å². The van der Waals surface area contributed by atoms with Crippen LogP contribution in [0.4, 0.5) is 11.8 Å². The average Bonchev–Trinajstić information content (AvgIpc) is 2.75. The van der Waals surface area contributed by atoms with Crippen LogP contribution in [-0.4, -0.2) is 28.0 Å². The molecule has 3 aromatic rings. The van der Waals surface area contributed by atoms with Gasteiger partial charge in [0.15, 0.2) is 0 Å². The number of aromatic nitrogens is 3. The van der Waals surface area contributed by atoms with E-state index in [1.54, 1.807) is 12.4 Å². The summed E-state index contributed by atoms with van der Waals surface area (Å²) < 4.78 is 0. The van der Waals surface area contributed by atoms with Crippen molar-refractivity contribution in [2.75, 3.05) is 23.3 Å². The summed E-state index contributed by atoms with van der Waals surface area (Å²) in [5, 5.41) is 3.31.